The molecular weight excluding hydrogens is 308 g/mol. The van der Waals surface area contributed by atoms with E-state index in [1.54, 1.807) is 23.2 Å². The summed E-state index contributed by atoms with van der Waals surface area (Å²) in [5.41, 5.74) is 2.48. The number of aryl methyl sites for hydroxylation is 2. The smallest absolute Gasteiger partial charge is 0.328 e. The van der Waals surface area contributed by atoms with Gasteiger partial charge in [0.2, 0.25) is 0 Å². The number of halogens is 1. The van der Waals surface area contributed by atoms with E-state index in [0.29, 0.717) is 12.3 Å². The second-order valence-corrected chi connectivity index (χ2v) is 6.26. The molecule has 0 spiro atoms. The topological polar surface area (TPSA) is 47.2 Å². The zero-order chi connectivity index (χ0) is 14.3. The lowest BCUT2D eigenvalue weighted by Crippen LogP contribution is -2.19. The molecule has 0 fully saturated rings. The maximum Gasteiger partial charge on any atom is 0.328 e. The minimum Gasteiger partial charge on any atom is -0.388 e. The van der Waals surface area contributed by atoms with E-state index >= 15 is 0 Å². The predicted molar refractivity (Wildman–Crippen MR) is 80.3 cm³/mol. The fourth-order valence-corrected chi connectivity index (χ4v) is 2.96. The average molecular weight is 327 g/mol. The molecule has 0 saturated heterocycles. The first-order chi connectivity index (χ1) is 8.82. The third-order valence-corrected chi connectivity index (χ3v) is 4.13. The van der Waals surface area contributed by atoms with E-state index in [4.69, 9.17) is 0 Å². The SMILES string of the molecule is CC(C)CC(O)c1cc2c(cc1Br)n(C)c(=O)n2C. The van der Waals surface area contributed by atoms with Gasteiger partial charge >= 0.3 is 5.69 Å². The first kappa shape index (κ1) is 14.3. The van der Waals surface area contributed by atoms with Gasteiger partial charge in [-0.1, -0.05) is 29.8 Å². The third kappa shape index (κ3) is 2.49. The number of rotatable bonds is 3. The number of hydrogen-bond donors (Lipinski definition) is 1. The van der Waals surface area contributed by atoms with Crippen LogP contribution in [0.1, 0.15) is 31.9 Å². The first-order valence-electron chi connectivity index (χ1n) is 6.35. The molecule has 1 aromatic heterocycles. The van der Waals surface area contributed by atoms with Crippen molar-refractivity contribution in [3.05, 3.63) is 32.7 Å². The number of benzene rings is 1. The van der Waals surface area contributed by atoms with Crippen LogP contribution in [0.4, 0.5) is 0 Å². The molecule has 2 aromatic rings. The lowest BCUT2D eigenvalue weighted by molar-refractivity contribution is 0.150. The highest BCUT2D eigenvalue weighted by Gasteiger charge is 2.17. The van der Waals surface area contributed by atoms with Crippen LogP contribution in [0.5, 0.6) is 0 Å². The van der Waals surface area contributed by atoms with Crippen LogP contribution in [0.25, 0.3) is 11.0 Å². The Balaban J connectivity index is 2.62. The van der Waals surface area contributed by atoms with E-state index in [9.17, 15) is 9.90 Å². The maximum atomic E-state index is 11.9. The molecule has 1 N–H and O–H groups in total. The minimum absolute atomic E-state index is 0.0580. The van der Waals surface area contributed by atoms with Crippen molar-refractivity contribution in [1.29, 1.82) is 0 Å². The Kier molecular flexibility index (Phi) is 3.87. The van der Waals surface area contributed by atoms with Crippen LogP contribution in [-0.2, 0) is 14.1 Å². The van der Waals surface area contributed by atoms with Gasteiger partial charge in [-0.3, -0.25) is 9.13 Å². The van der Waals surface area contributed by atoms with E-state index in [-0.39, 0.29) is 5.69 Å². The van der Waals surface area contributed by atoms with E-state index in [2.05, 4.69) is 29.8 Å². The van der Waals surface area contributed by atoms with E-state index in [0.717, 1.165) is 21.1 Å². The highest BCUT2D eigenvalue weighted by Crippen LogP contribution is 2.31. The van der Waals surface area contributed by atoms with Gasteiger partial charge in [-0.05, 0) is 30.0 Å². The number of hydrogen-bond acceptors (Lipinski definition) is 2. The van der Waals surface area contributed by atoms with Crippen LogP contribution in [-0.4, -0.2) is 14.2 Å². The van der Waals surface area contributed by atoms with Crippen molar-refractivity contribution in [3.63, 3.8) is 0 Å². The molecule has 4 nitrogen and oxygen atoms in total. The van der Waals surface area contributed by atoms with Gasteiger partial charge in [0.15, 0.2) is 0 Å². The van der Waals surface area contributed by atoms with Crippen molar-refractivity contribution in [1.82, 2.24) is 9.13 Å². The Hall–Kier alpha value is -1.07. The highest BCUT2D eigenvalue weighted by molar-refractivity contribution is 9.10. The molecule has 2 rings (SSSR count). The normalized spacial score (nSPS) is 13.4. The summed E-state index contributed by atoms with van der Waals surface area (Å²) < 4.78 is 4.06. The number of imidazole rings is 1. The number of nitrogens with zero attached hydrogens (tertiary/aromatic N) is 2. The van der Waals surface area contributed by atoms with Crippen molar-refractivity contribution in [2.24, 2.45) is 20.0 Å². The highest BCUT2D eigenvalue weighted by atomic mass is 79.9. The predicted octanol–water partition coefficient (Wildman–Crippen LogP) is 2.72. The quantitative estimate of drug-likeness (QED) is 0.942. The Morgan fingerprint density at radius 1 is 1.21 bits per heavy atom. The molecule has 1 heterocycles. The summed E-state index contributed by atoms with van der Waals surface area (Å²) in [6.07, 6.45) is 0.180. The van der Waals surface area contributed by atoms with E-state index in [1.165, 1.54) is 0 Å². The molecule has 5 heteroatoms. The number of aromatic nitrogens is 2. The summed E-state index contributed by atoms with van der Waals surface area (Å²) in [6.45, 7) is 4.15. The number of aliphatic hydroxyl groups excluding tert-OH is 1. The molecule has 0 aliphatic carbocycles. The van der Waals surface area contributed by atoms with Crippen LogP contribution in [0, 0.1) is 5.92 Å². The molecule has 0 amide bonds. The van der Waals surface area contributed by atoms with Gasteiger partial charge in [-0.15, -0.1) is 0 Å². The van der Waals surface area contributed by atoms with Gasteiger partial charge in [0, 0.05) is 18.6 Å². The van der Waals surface area contributed by atoms with Crippen molar-refractivity contribution in [2.75, 3.05) is 0 Å². The number of aliphatic hydroxyl groups is 1. The number of fused-ring (bicyclic) bond motifs is 1. The minimum atomic E-state index is -0.519. The van der Waals surface area contributed by atoms with Gasteiger partial charge in [0.1, 0.15) is 0 Å². The fraction of sp³-hybridized carbons (Fsp3) is 0.500. The average Bonchev–Trinajstić information content (AvgIpc) is 2.53. The molecule has 0 aliphatic heterocycles. The van der Waals surface area contributed by atoms with Gasteiger partial charge in [-0.25, -0.2) is 4.79 Å². The zero-order valence-electron chi connectivity index (χ0n) is 11.6. The van der Waals surface area contributed by atoms with Crippen LogP contribution >= 0.6 is 15.9 Å². The standard InChI is InChI=1S/C14H19BrN2O2/c1-8(2)5-13(18)9-6-11-12(7-10(9)15)17(4)14(19)16(11)3/h6-8,13,18H,5H2,1-4H3. The molecule has 19 heavy (non-hydrogen) atoms. The molecule has 0 saturated carbocycles. The molecule has 1 aromatic carbocycles. The lowest BCUT2D eigenvalue weighted by Gasteiger charge is -2.15. The van der Waals surface area contributed by atoms with Gasteiger partial charge < -0.3 is 5.11 Å². The summed E-state index contributed by atoms with van der Waals surface area (Å²) in [5, 5.41) is 10.3. The summed E-state index contributed by atoms with van der Waals surface area (Å²) in [4.78, 5) is 11.9. The van der Waals surface area contributed by atoms with Crippen LogP contribution in [0.2, 0.25) is 0 Å². The summed E-state index contributed by atoms with van der Waals surface area (Å²) in [6, 6.07) is 3.80. The molecule has 104 valence electrons. The Morgan fingerprint density at radius 3 is 2.26 bits per heavy atom. The fourth-order valence-electron chi connectivity index (χ4n) is 2.36. The Morgan fingerprint density at radius 2 is 1.74 bits per heavy atom. The second-order valence-electron chi connectivity index (χ2n) is 5.41. The van der Waals surface area contributed by atoms with Crippen LogP contribution < -0.4 is 5.69 Å². The molecule has 0 aliphatic rings. The van der Waals surface area contributed by atoms with Crippen molar-refractivity contribution < 1.29 is 5.11 Å². The molecule has 0 radical (unpaired) electrons. The third-order valence-electron chi connectivity index (χ3n) is 3.44. The first-order valence-corrected chi connectivity index (χ1v) is 7.15. The molecule has 1 unspecified atom stereocenters. The van der Waals surface area contributed by atoms with Crippen molar-refractivity contribution >= 4 is 27.0 Å². The Bertz CT molecular complexity index is 670. The summed E-state index contributed by atoms with van der Waals surface area (Å²) >= 11 is 3.49. The molecule has 1 atom stereocenters. The monoisotopic (exact) mass is 326 g/mol. The van der Waals surface area contributed by atoms with Gasteiger partial charge in [0.05, 0.1) is 17.1 Å². The van der Waals surface area contributed by atoms with E-state index in [1.807, 2.05) is 12.1 Å². The zero-order valence-corrected chi connectivity index (χ0v) is 13.2. The molecular formula is C14H19BrN2O2. The van der Waals surface area contributed by atoms with Crippen molar-refractivity contribution in [3.8, 4) is 0 Å². The Labute approximate surface area is 120 Å². The molecule has 0 bridgehead atoms. The summed E-state index contributed by atoms with van der Waals surface area (Å²) in [7, 11) is 3.50. The van der Waals surface area contributed by atoms with Gasteiger partial charge in [0.25, 0.3) is 0 Å². The van der Waals surface area contributed by atoms with Crippen molar-refractivity contribution in [2.45, 2.75) is 26.4 Å². The maximum absolute atomic E-state index is 11.9. The van der Waals surface area contributed by atoms with Gasteiger partial charge in [-0.2, -0.15) is 0 Å². The van der Waals surface area contributed by atoms with Crippen LogP contribution in [0.3, 0.4) is 0 Å². The largest absolute Gasteiger partial charge is 0.388 e. The second kappa shape index (κ2) is 5.13. The summed E-state index contributed by atoms with van der Waals surface area (Å²) in [5.74, 6) is 0.414. The van der Waals surface area contributed by atoms with E-state index < -0.39 is 6.10 Å². The lowest BCUT2D eigenvalue weighted by atomic mass is 9.99. The van der Waals surface area contributed by atoms with Crippen LogP contribution in [0.15, 0.2) is 21.4 Å².